The van der Waals surface area contributed by atoms with Crippen LogP contribution >= 0.6 is 11.8 Å². The molecule has 6 nitrogen and oxygen atoms in total. The number of aliphatic carboxylic acids is 1. The van der Waals surface area contributed by atoms with Gasteiger partial charge in [0.2, 0.25) is 5.91 Å². The van der Waals surface area contributed by atoms with E-state index in [1.807, 2.05) is 24.3 Å². The molecule has 0 spiro atoms. The number of amides is 1. The molecule has 1 amide bonds. The zero-order valence-electron chi connectivity index (χ0n) is 15.9. The summed E-state index contributed by atoms with van der Waals surface area (Å²) in [7, 11) is 0. The Morgan fingerprint density at radius 2 is 1.93 bits per heavy atom. The number of hydrogen-bond donors (Lipinski definition) is 2. The molecule has 7 heteroatoms. The van der Waals surface area contributed by atoms with Crippen LogP contribution in [-0.4, -0.2) is 38.8 Å². The summed E-state index contributed by atoms with van der Waals surface area (Å²) in [5.41, 5.74) is 1.64. The summed E-state index contributed by atoms with van der Waals surface area (Å²) in [5, 5.41) is 12.8. The fraction of sp³-hybridized carbons (Fsp3) is 0.550. The third-order valence-electron chi connectivity index (χ3n) is 4.29. The number of benzene rings is 1. The van der Waals surface area contributed by atoms with Crippen LogP contribution in [0.4, 0.5) is 0 Å². The summed E-state index contributed by atoms with van der Waals surface area (Å²) in [6.45, 7) is 2.72. The lowest BCUT2D eigenvalue weighted by molar-refractivity contribution is -0.137. The van der Waals surface area contributed by atoms with Crippen molar-refractivity contribution >= 4 is 34.7 Å². The maximum Gasteiger partial charge on any atom is 0.323 e. The summed E-state index contributed by atoms with van der Waals surface area (Å²) >= 11 is 1.53. The van der Waals surface area contributed by atoms with E-state index >= 15 is 0 Å². The number of carbonyl (C=O) groups excluding carboxylic acids is 1. The number of para-hydroxylation sites is 2. The number of thioether (sulfide) groups is 1. The molecule has 0 saturated heterocycles. The molecular formula is C20H29N3O3S. The van der Waals surface area contributed by atoms with Gasteiger partial charge in [-0.05, 0) is 25.0 Å². The van der Waals surface area contributed by atoms with E-state index in [2.05, 4.69) is 17.2 Å². The predicted octanol–water partition coefficient (Wildman–Crippen LogP) is 4.08. The summed E-state index contributed by atoms with van der Waals surface area (Å²) in [6, 6.07) is 7.55. The van der Waals surface area contributed by atoms with Crippen molar-refractivity contribution in [2.75, 3.05) is 12.3 Å². The van der Waals surface area contributed by atoms with Gasteiger partial charge in [-0.15, -0.1) is 0 Å². The fourth-order valence-corrected chi connectivity index (χ4v) is 3.85. The number of nitrogens with zero attached hydrogens (tertiary/aromatic N) is 2. The monoisotopic (exact) mass is 391 g/mol. The van der Waals surface area contributed by atoms with E-state index in [9.17, 15) is 9.59 Å². The second-order valence-electron chi connectivity index (χ2n) is 6.58. The number of aromatic nitrogens is 2. The largest absolute Gasteiger partial charge is 0.480 e. The zero-order valence-corrected chi connectivity index (χ0v) is 16.8. The van der Waals surface area contributed by atoms with Crippen molar-refractivity contribution in [1.29, 1.82) is 0 Å². The maximum atomic E-state index is 11.8. The first-order chi connectivity index (χ1) is 13.1. The molecule has 148 valence electrons. The minimum atomic E-state index is -0.883. The number of hydrogen-bond acceptors (Lipinski definition) is 4. The van der Waals surface area contributed by atoms with Crippen LogP contribution in [0.5, 0.6) is 0 Å². The van der Waals surface area contributed by atoms with Gasteiger partial charge in [0.25, 0.3) is 0 Å². The van der Waals surface area contributed by atoms with Crippen molar-refractivity contribution in [3.63, 3.8) is 0 Å². The molecule has 0 unspecified atom stereocenters. The van der Waals surface area contributed by atoms with Crippen molar-refractivity contribution < 1.29 is 14.7 Å². The first kappa shape index (κ1) is 21.3. The molecule has 1 heterocycles. The Morgan fingerprint density at radius 3 is 2.70 bits per heavy atom. The third kappa shape index (κ3) is 7.25. The average molecular weight is 392 g/mol. The summed E-state index contributed by atoms with van der Waals surface area (Å²) in [6.07, 6.45) is 7.16. The SMILES string of the molecule is CCCCCCCC(=O)NCCCSc1nc2ccccc2n1CC(=O)O. The first-order valence-corrected chi connectivity index (χ1v) is 10.7. The highest BCUT2D eigenvalue weighted by Gasteiger charge is 2.13. The van der Waals surface area contributed by atoms with Crippen molar-refractivity contribution in [2.24, 2.45) is 0 Å². The highest BCUT2D eigenvalue weighted by atomic mass is 32.2. The van der Waals surface area contributed by atoms with Gasteiger partial charge in [0.1, 0.15) is 6.54 Å². The molecule has 2 N–H and O–H groups in total. The predicted molar refractivity (Wildman–Crippen MR) is 109 cm³/mol. The molecule has 1 aromatic carbocycles. The smallest absolute Gasteiger partial charge is 0.323 e. The third-order valence-corrected chi connectivity index (χ3v) is 5.36. The molecule has 0 fully saturated rings. The summed E-state index contributed by atoms with van der Waals surface area (Å²) < 4.78 is 1.73. The molecule has 0 aliphatic carbocycles. The van der Waals surface area contributed by atoms with Gasteiger partial charge in [0, 0.05) is 18.7 Å². The van der Waals surface area contributed by atoms with Gasteiger partial charge in [0.15, 0.2) is 5.16 Å². The minimum absolute atomic E-state index is 0.0996. The molecule has 0 atom stereocenters. The number of carboxylic acids is 1. The van der Waals surface area contributed by atoms with Crippen molar-refractivity contribution in [1.82, 2.24) is 14.9 Å². The van der Waals surface area contributed by atoms with Gasteiger partial charge >= 0.3 is 5.97 Å². The molecule has 2 rings (SSSR count). The lowest BCUT2D eigenvalue weighted by Gasteiger charge is -2.07. The van der Waals surface area contributed by atoms with Crippen molar-refractivity contribution in [3.8, 4) is 0 Å². The van der Waals surface area contributed by atoms with Crippen LogP contribution in [0.3, 0.4) is 0 Å². The Kier molecular flexibility index (Phi) is 9.18. The minimum Gasteiger partial charge on any atom is -0.480 e. The standard InChI is InChI=1S/C20H29N3O3S/c1-2-3-4-5-6-12-18(24)21-13-9-14-27-20-22-16-10-7-8-11-17(16)23(20)15-19(25)26/h7-8,10-11H,2-6,9,12-15H2,1H3,(H,21,24)(H,25,26). The molecule has 0 bridgehead atoms. The molecule has 0 saturated carbocycles. The fourth-order valence-electron chi connectivity index (χ4n) is 2.89. The second-order valence-corrected chi connectivity index (χ2v) is 7.64. The van der Waals surface area contributed by atoms with E-state index in [0.717, 1.165) is 36.0 Å². The van der Waals surface area contributed by atoms with Gasteiger partial charge in [-0.2, -0.15) is 0 Å². The number of imidazole rings is 1. The first-order valence-electron chi connectivity index (χ1n) is 9.68. The highest BCUT2D eigenvalue weighted by Crippen LogP contribution is 2.24. The van der Waals surface area contributed by atoms with Crippen LogP contribution in [0, 0.1) is 0 Å². The topological polar surface area (TPSA) is 84.2 Å². The highest BCUT2D eigenvalue weighted by molar-refractivity contribution is 7.99. The molecule has 0 aliphatic rings. The Labute approximate surface area is 164 Å². The lowest BCUT2D eigenvalue weighted by Crippen LogP contribution is -2.24. The van der Waals surface area contributed by atoms with Gasteiger partial charge in [-0.1, -0.05) is 56.5 Å². The molecule has 1 aromatic heterocycles. The number of nitrogens with one attached hydrogen (secondary N) is 1. The quantitative estimate of drug-likeness (QED) is 0.397. The van der Waals surface area contributed by atoms with E-state index < -0.39 is 5.97 Å². The Morgan fingerprint density at radius 1 is 1.15 bits per heavy atom. The van der Waals surface area contributed by atoms with Crippen LogP contribution < -0.4 is 5.32 Å². The normalized spacial score (nSPS) is 11.0. The van der Waals surface area contributed by atoms with E-state index in [1.165, 1.54) is 31.0 Å². The lowest BCUT2D eigenvalue weighted by atomic mass is 10.1. The number of fused-ring (bicyclic) bond motifs is 1. The molecule has 27 heavy (non-hydrogen) atoms. The Hall–Kier alpha value is -2.02. The van der Waals surface area contributed by atoms with Crippen molar-refractivity contribution in [2.45, 2.75) is 63.6 Å². The van der Waals surface area contributed by atoms with Crippen LogP contribution in [-0.2, 0) is 16.1 Å². The van der Waals surface area contributed by atoms with Gasteiger partial charge in [0.05, 0.1) is 11.0 Å². The van der Waals surface area contributed by atoms with Crippen molar-refractivity contribution in [3.05, 3.63) is 24.3 Å². The van der Waals surface area contributed by atoms with Crippen LogP contribution in [0.25, 0.3) is 11.0 Å². The second kappa shape index (κ2) is 11.6. The number of carbonyl (C=O) groups is 2. The van der Waals surface area contributed by atoms with Crippen LogP contribution in [0.1, 0.15) is 51.9 Å². The Balaban J connectivity index is 1.72. The van der Waals surface area contributed by atoms with Gasteiger partial charge in [-0.3, -0.25) is 9.59 Å². The van der Waals surface area contributed by atoms with E-state index in [1.54, 1.807) is 4.57 Å². The van der Waals surface area contributed by atoms with E-state index in [-0.39, 0.29) is 12.5 Å². The molecule has 0 aliphatic heterocycles. The van der Waals surface area contributed by atoms with Gasteiger partial charge < -0.3 is 15.0 Å². The molecule has 0 radical (unpaired) electrons. The number of rotatable bonds is 13. The summed E-state index contributed by atoms with van der Waals surface area (Å²) in [5.74, 6) is 0.0144. The maximum absolute atomic E-state index is 11.8. The zero-order chi connectivity index (χ0) is 19.5. The molecular weight excluding hydrogens is 362 g/mol. The average Bonchev–Trinajstić information content (AvgIpc) is 2.98. The van der Waals surface area contributed by atoms with Crippen LogP contribution in [0.2, 0.25) is 0 Å². The van der Waals surface area contributed by atoms with E-state index in [4.69, 9.17) is 5.11 Å². The Bertz CT molecular complexity index is 745. The summed E-state index contributed by atoms with van der Waals surface area (Å²) in [4.78, 5) is 27.5. The number of unbranched alkanes of at least 4 members (excludes halogenated alkanes) is 4. The number of carboxylic acid groups (broad SMARTS) is 1. The van der Waals surface area contributed by atoms with Gasteiger partial charge in [-0.25, -0.2) is 4.98 Å². The van der Waals surface area contributed by atoms with E-state index in [0.29, 0.717) is 18.1 Å². The van der Waals surface area contributed by atoms with Crippen LogP contribution in [0.15, 0.2) is 29.4 Å². The molecule has 2 aromatic rings.